The summed E-state index contributed by atoms with van der Waals surface area (Å²) in [5.74, 6) is -0.0356. The van der Waals surface area contributed by atoms with E-state index in [-0.39, 0.29) is 28.3 Å². The molecule has 2 aromatic rings. The Morgan fingerprint density at radius 3 is 1.96 bits per heavy atom. The number of methoxy groups -OCH3 is 1. The zero-order valence-corrected chi connectivity index (χ0v) is 16.1. The van der Waals surface area contributed by atoms with Crippen molar-refractivity contribution in [3.05, 3.63) is 47.5 Å². The van der Waals surface area contributed by atoms with Gasteiger partial charge in [0, 0.05) is 40.3 Å². The molecule has 0 unspecified atom stereocenters. The van der Waals surface area contributed by atoms with Crippen molar-refractivity contribution in [2.75, 3.05) is 26.8 Å². The smallest absolute Gasteiger partial charge is 0.341 e. The number of benzene rings is 2. The van der Waals surface area contributed by atoms with Crippen LogP contribution in [0.25, 0.3) is 0 Å². The van der Waals surface area contributed by atoms with Crippen molar-refractivity contribution >= 4 is 18.4 Å². The fraction of sp³-hybridized carbons (Fsp3) is 0.211. The number of phenolic OH excluding ortho intramolecular Hbond substituents is 2. The molecule has 151 valence electrons. The third-order valence-electron chi connectivity index (χ3n) is 3.41. The van der Waals surface area contributed by atoms with Gasteiger partial charge in [0.25, 0.3) is 0 Å². The summed E-state index contributed by atoms with van der Waals surface area (Å²) < 4.78 is 10.1. The van der Waals surface area contributed by atoms with E-state index in [1.54, 1.807) is 19.2 Å². The summed E-state index contributed by atoms with van der Waals surface area (Å²) in [5.41, 5.74) is 0.951. The van der Waals surface area contributed by atoms with Crippen LogP contribution in [0.15, 0.2) is 46.4 Å². The van der Waals surface area contributed by atoms with Crippen molar-refractivity contribution in [2.45, 2.75) is 0 Å². The zero-order valence-electron chi connectivity index (χ0n) is 15.0. The summed E-state index contributed by atoms with van der Waals surface area (Å²) in [4.78, 5) is 18.9. The van der Waals surface area contributed by atoms with Gasteiger partial charge in [-0.05, 0) is 36.4 Å². The number of aromatic hydroxyl groups is 2. The molecular formula is C19H20CoN2O6. The molecule has 0 saturated heterocycles. The molecule has 2 rings (SSSR count). The summed E-state index contributed by atoms with van der Waals surface area (Å²) >= 11 is 0. The van der Waals surface area contributed by atoms with Crippen LogP contribution >= 0.6 is 0 Å². The van der Waals surface area contributed by atoms with E-state index in [0.717, 1.165) is 0 Å². The van der Waals surface area contributed by atoms with Crippen LogP contribution in [0.5, 0.6) is 23.0 Å². The topological polar surface area (TPSA) is 121 Å². The molecule has 0 heterocycles. The molecule has 3 N–H and O–H groups in total. The zero-order chi connectivity index (χ0) is 19.6. The number of rotatable bonds is 9. The molecule has 0 spiro atoms. The van der Waals surface area contributed by atoms with E-state index in [4.69, 9.17) is 14.6 Å². The molecule has 0 bridgehead atoms. The fourth-order valence-corrected chi connectivity index (χ4v) is 2.08. The maximum absolute atomic E-state index is 10.5. The number of carboxylic acids is 1. The van der Waals surface area contributed by atoms with Crippen molar-refractivity contribution in [1.82, 2.24) is 0 Å². The molecule has 8 nitrogen and oxygen atoms in total. The van der Waals surface area contributed by atoms with Gasteiger partial charge in [-0.1, -0.05) is 0 Å². The van der Waals surface area contributed by atoms with Gasteiger partial charge in [0.2, 0.25) is 0 Å². The second kappa shape index (κ2) is 11.6. The minimum atomic E-state index is -1.08. The Bertz CT molecular complexity index is 854. The molecule has 9 heteroatoms. The van der Waals surface area contributed by atoms with Crippen LogP contribution in [0, 0.1) is 0 Å². The Morgan fingerprint density at radius 2 is 1.46 bits per heavy atom. The minimum Gasteiger partial charge on any atom is -0.507 e. The molecular weight excluding hydrogens is 411 g/mol. The van der Waals surface area contributed by atoms with Gasteiger partial charge in [-0.2, -0.15) is 0 Å². The molecule has 0 saturated carbocycles. The van der Waals surface area contributed by atoms with Crippen LogP contribution in [0.3, 0.4) is 0 Å². The van der Waals surface area contributed by atoms with Crippen molar-refractivity contribution < 1.29 is 46.4 Å². The van der Waals surface area contributed by atoms with Crippen molar-refractivity contribution in [3.8, 4) is 23.0 Å². The fourth-order valence-electron chi connectivity index (χ4n) is 2.08. The standard InChI is InChI=1S/C19H20N2O6.Co/c1-26-15-2-4-17(22)13(8-15)10-20-6-7-21-11-14-9-16(3-5-18(14)23)27-12-19(24)25;/h2-5,8-11,22-23H,6-7,12H2,1H3,(H,24,25);. The van der Waals surface area contributed by atoms with Crippen LogP contribution < -0.4 is 9.47 Å². The van der Waals surface area contributed by atoms with Crippen LogP contribution in [-0.2, 0) is 21.6 Å². The van der Waals surface area contributed by atoms with E-state index in [1.807, 2.05) is 0 Å². The van der Waals surface area contributed by atoms with Crippen LogP contribution in [-0.4, -0.2) is 60.5 Å². The van der Waals surface area contributed by atoms with Gasteiger partial charge in [-0.3, -0.25) is 9.98 Å². The predicted molar refractivity (Wildman–Crippen MR) is 101 cm³/mol. The average Bonchev–Trinajstić information content (AvgIpc) is 2.66. The molecule has 28 heavy (non-hydrogen) atoms. The summed E-state index contributed by atoms with van der Waals surface area (Å²) in [6.07, 6.45) is 2.99. The minimum absolute atomic E-state index is 0. The Hall–Kier alpha value is -3.04. The van der Waals surface area contributed by atoms with Gasteiger partial charge in [-0.25, -0.2) is 4.79 Å². The van der Waals surface area contributed by atoms with Crippen LogP contribution in [0.2, 0.25) is 0 Å². The summed E-state index contributed by atoms with van der Waals surface area (Å²) in [6.45, 7) is 0.275. The second-order valence-electron chi connectivity index (χ2n) is 5.40. The molecule has 0 aliphatic carbocycles. The number of carbonyl (C=O) groups is 1. The first-order valence-corrected chi connectivity index (χ1v) is 8.04. The Balaban J connectivity index is 0.00000392. The quantitative estimate of drug-likeness (QED) is 0.413. The molecule has 0 aliphatic heterocycles. The second-order valence-corrected chi connectivity index (χ2v) is 5.40. The molecule has 2 aromatic carbocycles. The summed E-state index contributed by atoms with van der Waals surface area (Å²) in [7, 11) is 1.54. The maximum atomic E-state index is 10.5. The van der Waals surface area contributed by atoms with Crippen molar-refractivity contribution in [2.24, 2.45) is 9.98 Å². The van der Waals surface area contributed by atoms with E-state index < -0.39 is 12.6 Å². The number of ether oxygens (including phenoxy) is 2. The molecule has 0 atom stereocenters. The third kappa shape index (κ3) is 7.29. The number of aliphatic carboxylic acids is 1. The monoisotopic (exact) mass is 431 g/mol. The van der Waals surface area contributed by atoms with Gasteiger partial charge < -0.3 is 24.8 Å². The van der Waals surface area contributed by atoms with E-state index >= 15 is 0 Å². The van der Waals surface area contributed by atoms with E-state index in [1.165, 1.54) is 36.7 Å². The van der Waals surface area contributed by atoms with Gasteiger partial charge in [-0.15, -0.1) is 0 Å². The van der Waals surface area contributed by atoms with E-state index in [9.17, 15) is 15.0 Å². The number of hydrogen-bond donors (Lipinski definition) is 3. The van der Waals surface area contributed by atoms with Gasteiger partial charge >= 0.3 is 5.97 Å². The Morgan fingerprint density at radius 1 is 0.964 bits per heavy atom. The molecule has 0 fully saturated rings. The van der Waals surface area contributed by atoms with Gasteiger partial charge in [0.15, 0.2) is 6.61 Å². The Kier molecular flexibility index (Phi) is 9.55. The first kappa shape index (κ1) is 23.0. The van der Waals surface area contributed by atoms with Crippen molar-refractivity contribution in [1.29, 1.82) is 0 Å². The van der Waals surface area contributed by atoms with Crippen molar-refractivity contribution in [3.63, 3.8) is 0 Å². The first-order chi connectivity index (χ1) is 13.0. The first-order valence-electron chi connectivity index (χ1n) is 8.04. The average molecular weight is 431 g/mol. The number of carboxylic acid groups (broad SMARTS) is 1. The number of nitrogens with zero attached hydrogens (tertiary/aromatic N) is 2. The van der Waals surface area contributed by atoms with Crippen LogP contribution in [0.4, 0.5) is 0 Å². The van der Waals surface area contributed by atoms with Gasteiger partial charge in [0.1, 0.15) is 23.0 Å². The Labute approximate surface area is 172 Å². The summed E-state index contributed by atoms with van der Waals surface area (Å²) in [5, 5.41) is 28.2. The SMILES string of the molecule is COc1ccc(O)c(C=NCCN=Cc2cc(OCC(=O)O)ccc2O)c1.[Co]. The predicted octanol–water partition coefficient (Wildman–Crippen LogP) is 2.11. The molecule has 1 radical (unpaired) electrons. The normalized spacial score (nSPS) is 10.8. The number of hydrogen-bond acceptors (Lipinski definition) is 7. The third-order valence-corrected chi connectivity index (χ3v) is 3.41. The van der Waals surface area contributed by atoms with Gasteiger partial charge in [0.05, 0.1) is 20.2 Å². The molecule has 0 aliphatic rings. The maximum Gasteiger partial charge on any atom is 0.341 e. The van der Waals surface area contributed by atoms with Crippen LogP contribution in [0.1, 0.15) is 11.1 Å². The molecule has 0 amide bonds. The largest absolute Gasteiger partial charge is 0.507 e. The molecule has 0 aromatic heterocycles. The summed E-state index contributed by atoms with van der Waals surface area (Å²) in [6, 6.07) is 9.23. The van der Waals surface area contributed by atoms with E-state index in [2.05, 4.69) is 9.98 Å². The number of phenols is 2. The van der Waals surface area contributed by atoms with E-state index in [0.29, 0.717) is 35.7 Å². The number of aliphatic imine (C=N–C) groups is 2.